The Balaban J connectivity index is 2.00. The topological polar surface area (TPSA) is 58.9 Å². The molecule has 2 heterocycles. The number of benzene rings is 1. The lowest BCUT2D eigenvalue weighted by Gasteiger charge is -1.94. The van der Waals surface area contributed by atoms with Crippen LogP contribution in [-0.4, -0.2) is 16.3 Å². The summed E-state index contributed by atoms with van der Waals surface area (Å²) in [4.78, 5) is 16.9. The van der Waals surface area contributed by atoms with Gasteiger partial charge in [0.25, 0.3) is 0 Å². The van der Waals surface area contributed by atoms with E-state index in [1.54, 1.807) is 0 Å². The summed E-state index contributed by atoms with van der Waals surface area (Å²) in [6, 6.07) is 3.81. The SMILES string of the molecule is O=Cc1ccc(Sc2nc3c(F)c(F)c(F)cc3[nH]2)o1. The van der Waals surface area contributed by atoms with Crippen molar-refractivity contribution in [1.29, 1.82) is 0 Å². The summed E-state index contributed by atoms with van der Waals surface area (Å²) >= 11 is 0.966. The van der Waals surface area contributed by atoms with Crippen molar-refractivity contribution in [2.24, 2.45) is 0 Å². The number of hydrogen-bond acceptors (Lipinski definition) is 4. The van der Waals surface area contributed by atoms with E-state index in [-0.39, 0.29) is 22.0 Å². The molecule has 4 nitrogen and oxygen atoms in total. The molecule has 0 fully saturated rings. The van der Waals surface area contributed by atoms with Crippen molar-refractivity contribution in [3.63, 3.8) is 0 Å². The number of aromatic nitrogens is 2. The van der Waals surface area contributed by atoms with Gasteiger partial charge < -0.3 is 9.40 Å². The van der Waals surface area contributed by atoms with Crippen molar-refractivity contribution in [3.05, 3.63) is 41.4 Å². The van der Waals surface area contributed by atoms with Gasteiger partial charge in [0.1, 0.15) is 5.52 Å². The Labute approximate surface area is 114 Å². The van der Waals surface area contributed by atoms with Gasteiger partial charge in [-0.2, -0.15) is 0 Å². The monoisotopic (exact) mass is 298 g/mol. The predicted octanol–water partition coefficient (Wildman–Crippen LogP) is 3.54. The minimum absolute atomic E-state index is 0.0334. The third-order valence-electron chi connectivity index (χ3n) is 2.51. The third-order valence-corrected chi connectivity index (χ3v) is 3.31. The summed E-state index contributed by atoms with van der Waals surface area (Å²) in [5.74, 6) is -4.08. The van der Waals surface area contributed by atoms with Gasteiger partial charge in [0.2, 0.25) is 0 Å². The van der Waals surface area contributed by atoms with Crippen LogP contribution in [0.4, 0.5) is 13.2 Å². The van der Waals surface area contributed by atoms with E-state index < -0.39 is 17.5 Å². The summed E-state index contributed by atoms with van der Waals surface area (Å²) in [5.41, 5.74) is -0.264. The molecule has 20 heavy (non-hydrogen) atoms. The van der Waals surface area contributed by atoms with Gasteiger partial charge in [-0.3, -0.25) is 4.79 Å². The van der Waals surface area contributed by atoms with Gasteiger partial charge in [-0.05, 0) is 23.9 Å². The van der Waals surface area contributed by atoms with Gasteiger partial charge in [-0.25, -0.2) is 18.2 Å². The number of aldehydes is 1. The van der Waals surface area contributed by atoms with Crippen molar-refractivity contribution in [2.45, 2.75) is 10.2 Å². The fourth-order valence-corrected chi connectivity index (χ4v) is 2.39. The van der Waals surface area contributed by atoms with Crippen LogP contribution in [0.3, 0.4) is 0 Å². The first-order valence-electron chi connectivity index (χ1n) is 5.34. The van der Waals surface area contributed by atoms with Crippen LogP contribution in [0.2, 0.25) is 0 Å². The molecule has 0 amide bonds. The zero-order valence-electron chi connectivity index (χ0n) is 9.62. The highest BCUT2D eigenvalue weighted by atomic mass is 32.2. The highest BCUT2D eigenvalue weighted by Crippen LogP contribution is 2.30. The number of rotatable bonds is 3. The number of fused-ring (bicyclic) bond motifs is 1. The molecule has 1 aromatic carbocycles. The molecule has 0 aliphatic carbocycles. The van der Waals surface area contributed by atoms with Gasteiger partial charge >= 0.3 is 0 Å². The van der Waals surface area contributed by atoms with E-state index >= 15 is 0 Å². The molecule has 0 atom stereocenters. The van der Waals surface area contributed by atoms with E-state index in [0.717, 1.165) is 17.8 Å². The standard InChI is InChI=1S/C12H5F3N2O2S/c13-6-3-7-11(10(15)9(6)14)17-12(16-7)20-8-2-1-5(4-18)19-8/h1-4H,(H,16,17). The fraction of sp³-hybridized carbons (Fsp3) is 0. The Kier molecular flexibility index (Phi) is 3.01. The number of imidazole rings is 1. The van der Waals surface area contributed by atoms with Crippen molar-refractivity contribution >= 4 is 29.1 Å². The van der Waals surface area contributed by atoms with Crippen LogP contribution in [0, 0.1) is 17.5 Å². The Morgan fingerprint density at radius 1 is 1.25 bits per heavy atom. The maximum Gasteiger partial charge on any atom is 0.196 e. The Bertz CT molecular complexity index is 812. The molecule has 0 radical (unpaired) electrons. The smallest absolute Gasteiger partial charge is 0.196 e. The highest BCUT2D eigenvalue weighted by Gasteiger charge is 2.17. The molecule has 0 aliphatic rings. The highest BCUT2D eigenvalue weighted by molar-refractivity contribution is 7.99. The van der Waals surface area contributed by atoms with E-state index in [4.69, 9.17) is 4.42 Å². The second-order valence-corrected chi connectivity index (χ2v) is 4.79. The predicted molar refractivity (Wildman–Crippen MR) is 64.2 cm³/mol. The number of nitrogens with zero attached hydrogens (tertiary/aromatic N) is 1. The van der Waals surface area contributed by atoms with Crippen molar-refractivity contribution in [2.75, 3.05) is 0 Å². The third kappa shape index (κ3) is 2.07. The minimum Gasteiger partial charge on any atom is -0.447 e. The van der Waals surface area contributed by atoms with Crippen LogP contribution in [0.1, 0.15) is 10.6 Å². The first-order valence-corrected chi connectivity index (χ1v) is 6.16. The molecule has 2 aromatic heterocycles. The van der Waals surface area contributed by atoms with E-state index in [9.17, 15) is 18.0 Å². The molecule has 3 rings (SSSR count). The molecule has 3 aromatic rings. The van der Waals surface area contributed by atoms with E-state index in [1.165, 1.54) is 12.1 Å². The van der Waals surface area contributed by atoms with Crippen molar-refractivity contribution in [3.8, 4) is 0 Å². The van der Waals surface area contributed by atoms with E-state index in [2.05, 4.69) is 9.97 Å². The first kappa shape index (κ1) is 12.8. The maximum absolute atomic E-state index is 13.5. The number of carbonyl (C=O) groups excluding carboxylic acids is 1. The zero-order chi connectivity index (χ0) is 14.3. The van der Waals surface area contributed by atoms with Crippen LogP contribution in [0.15, 0.2) is 32.9 Å². The van der Waals surface area contributed by atoms with Gasteiger partial charge in [0.05, 0.1) is 5.52 Å². The summed E-state index contributed by atoms with van der Waals surface area (Å²) in [5, 5.41) is 0.531. The van der Waals surface area contributed by atoms with Crippen LogP contribution >= 0.6 is 11.8 Å². The quantitative estimate of drug-likeness (QED) is 0.593. The second kappa shape index (κ2) is 4.71. The molecular weight excluding hydrogens is 293 g/mol. The number of halogens is 3. The maximum atomic E-state index is 13.5. The number of hydrogen-bond donors (Lipinski definition) is 1. The molecule has 102 valence electrons. The number of nitrogens with one attached hydrogen (secondary N) is 1. The van der Waals surface area contributed by atoms with Crippen LogP contribution in [0.25, 0.3) is 11.0 Å². The van der Waals surface area contributed by atoms with Gasteiger partial charge in [0, 0.05) is 6.07 Å². The van der Waals surface area contributed by atoms with Gasteiger partial charge in [-0.15, -0.1) is 0 Å². The number of aromatic amines is 1. The summed E-state index contributed by atoms with van der Waals surface area (Å²) in [6.07, 6.45) is 0.535. The fourth-order valence-electron chi connectivity index (χ4n) is 1.63. The summed E-state index contributed by atoms with van der Waals surface area (Å²) in [6.45, 7) is 0. The molecule has 0 saturated carbocycles. The van der Waals surface area contributed by atoms with Crippen LogP contribution < -0.4 is 0 Å². The molecular formula is C12H5F3N2O2S. The number of furan rings is 1. The summed E-state index contributed by atoms with van der Waals surface area (Å²) < 4.78 is 44.7. The molecule has 1 N–H and O–H groups in total. The molecule has 0 bridgehead atoms. The largest absolute Gasteiger partial charge is 0.447 e. The average molecular weight is 298 g/mol. The second-order valence-electron chi connectivity index (χ2n) is 3.80. The zero-order valence-corrected chi connectivity index (χ0v) is 10.4. The molecule has 8 heteroatoms. The minimum atomic E-state index is -1.57. The summed E-state index contributed by atoms with van der Waals surface area (Å²) in [7, 11) is 0. The van der Waals surface area contributed by atoms with Crippen LogP contribution in [-0.2, 0) is 0 Å². The Morgan fingerprint density at radius 2 is 2.05 bits per heavy atom. The van der Waals surface area contributed by atoms with E-state index in [1.807, 2.05) is 0 Å². The Morgan fingerprint density at radius 3 is 2.75 bits per heavy atom. The average Bonchev–Trinajstić information content (AvgIpc) is 3.03. The van der Waals surface area contributed by atoms with Crippen LogP contribution in [0.5, 0.6) is 0 Å². The molecule has 0 unspecified atom stereocenters. The first-order chi connectivity index (χ1) is 9.58. The van der Waals surface area contributed by atoms with Gasteiger partial charge in [0.15, 0.2) is 39.7 Å². The lowest BCUT2D eigenvalue weighted by molar-refractivity contribution is 0.109. The molecule has 0 spiro atoms. The van der Waals surface area contributed by atoms with Crippen molar-refractivity contribution in [1.82, 2.24) is 9.97 Å². The van der Waals surface area contributed by atoms with Crippen molar-refractivity contribution < 1.29 is 22.4 Å². The Hall–Kier alpha value is -2.22. The van der Waals surface area contributed by atoms with Gasteiger partial charge in [-0.1, -0.05) is 0 Å². The molecule has 0 aliphatic heterocycles. The normalized spacial score (nSPS) is 11.2. The molecule has 0 saturated heterocycles. The van der Waals surface area contributed by atoms with E-state index in [0.29, 0.717) is 11.4 Å². The number of H-pyrrole nitrogens is 1. The number of carbonyl (C=O) groups is 1. The lowest BCUT2D eigenvalue weighted by atomic mass is 10.3. The lowest BCUT2D eigenvalue weighted by Crippen LogP contribution is -1.91.